The molecule has 0 saturated carbocycles. The molecule has 0 fully saturated rings. The van der Waals surface area contributed by atoms with Crippen molar-refractivity contribution in [2.75, 3.05) is 45.1 Å². The first-order valence-corrected chi connectivity index (χ1v) is 13.2. The normalized spacial score (nSPS) is 18.0. The van der Waals surface area contributed by atoms with Crippen molar-refractivity contribution in [2.45, 2.75) is 12.5 Å². The first kappa shape index (κ1) is 25.6. The highest BCUT2D eigenvalue weighted by Crippen LogP contribution is 2.40. The number of aliphatic imine (C=N–C) groups is 1. The minimum Gasteiger partial charge on any atom is -0.497 e. The van der Waals surface area contributed by atoms with Crippen LogP contribution in [0.2, 0.25) is 0 Å². The van der Waals surface area contributed by atoms with Crippen molar-refractivity contribution >= 4 is 46.0 Å². The third kappa shape index (κ3) is 5.31. The molecule has 5 rings (SSSR count). The number of rotatable bonds is 6. The summed E-state index contributed by atoms with van der Waals surface area (Å²) >= 11 is 1.37. The van der Waals surface area contributed by atoms with E-state index in [1.165, 1.54) is 11.8 Å². The second-order valence-corrected chi connectivity index (χ2v) is 10.6. The maximum Gasteiger partial charge on any atom is 0.286 e. The van der Waals surface area contributed by atoms with E-state index < -0.39 is 0 Å². The minimum atomic E-state index is -0.239. The van der Waals surface area contributed by atoms with Gasteiger partial charge in [-0.05, 0) is 83.1 Å². The van der Waals surface area contributed by atoms with Crippen LogP contribution in [0, 0.1) is 0 Å². The lowest BCUT2D eigenvalue weighted by atomic mass is 9.98. The average molecular weight is 526 g/mol. The van der Waals surface area contributed by atoms with E-state index in [0.29, 0.717) is 16.5 Å². The summed E-state index contributed by atoms with van der Waals surface area (Å²) in [4.78, 5) is 22.1. The lowest BCUT2D eigenvalue weighted by molar-refractivity contribution is -0.113. The van der Waals surface area contributed by atoms with Gasteiger partial charge in [0.1, 0.15) is 5.75 Å². The van der Waals surface area contributed by atoms with Crippen molar-refractivity contribution in [1.29, 1.82) is 0 Å². The van der Waals surface area contributed by atoms with Gasteiger partial charge in [0.2, 0.25) is 0 Å². The molecule has 2 heterocycles. The molecule has 8 heteroatoms. The number of amides is 1. The topological polar surface area (TPSA) is 60.7 Å². The summed E-state index contributed by atoms with van der Waals surface area (Å²) in [5.74, 6) is 0.561. The van der Waals surface area contributed by atoms with Gasteiger partial charge in [-0.2, -0.15) is 10.1 Å². The third-order valence-corrected chi connectivity index (χ3v) is 7.61. The van der Waals surface area contributed by atoms with E-state index in [1.54, 1.807) is 7.11 Å². The van der Waals surface area contributed by atoms with Gasteiger partial charge in [0, 0.05) is 46.0 Å². The van der Waals surface area contributed by atoms with E-state index in [0.717, 1.165) is 39.5 Å². The molecule has 1 amide bonds. The number of carbonyl (C=O) groups is 1. The number of nitrogens with zero attached hydrogens (tertiary/aromatic N) is 5. The molecule has 38 heavy (non-hydrogen) atoms. The van der Waals surface area contributed by atoms with Gasteiger partial charge in [-0.3, -0.25) is 4.79 Å². The molecular weight excluding hydrogens is 494 g/mol. The predicted octanol–water partition coefficient (Wildman–Crippen LogP) is 5.65. The van der Waals surface area contributed by atoms with Crippen LogP contribution in [0.1, 0.15) is 29.2 Å². The van der Waals surface area contributed by atoms with Crippen molar-refractivity contribution in [2.24, 2.45) is 10.1 Å². The van der Waals surface area contributed by atoms with E-state index in [9.17, 15) is 4.79 Å². The van der Waals surface area contributed by atoms with E-state index in [1.807, 2.05) is 92.7 Å². The van der Waals surface area contributed by atoms with Crippen LogP contribution in [-0.4, -0.2) is 57.1 Å². The number of ether oxygens (including phenoxy) is 1. The summed E-state index contributed by atoms with van der Waals surface area (Å²) in [5.41, 5.74) is 6.28. The van der Waals surface area contributed by atoms with Crippen molar-refractivity contribution < 1.29 is 9.53 Å². The zero-order valence-electron chi connectivity index (χ0n) is 22.3. The SMILES string of the molecule is COc1ccc(C2=NN(C3=NC(=O)/C(=C/c4ccc(N(C)C)cc4)S3)C(c3ccc(N(C)C)cc3)C2)cc1. The summed E-state index contributed by atoms with van der Waals surface area (Å²) in [6, 6.07) is 24.4. The van der Waals surface area contributed by atoms with Crippen molar-refractivity contribution in [3.05, 3.63) is 94.4 Å². The second kappa shape index (κ2) is 10.8. The molecule has 194 valence electrons. The zero-order chi connectivity index (χ0) is 26.8. The highest BCUT2D eigenvalue weighted by atomic mass is 32.2. The summed E-state index contributed by atoms with van der Waals surface area (Å²) in [6.45, 7) is 0. The quantitative estimate of drug-likeness (QED) is 0.388. The predicted molar refractivity (Wildman–Crippen MR) is 158 cm³/mol. The van der Waals surface area contributed by atoms with Gasteiger partial charge in [0.15, 0.2) is 5.17 Å². The Bertz CT molecular complexity index is 1410. The Kier molecular flexibility index (Phi) is 7.24. The Morgan fingerprint density at radius 1 is 0.895 bits per heavy atom. The number of hydrogen-bond donors (Lipinski definition) is 0. The Morgan fingerprint density at radius 2 is 1.50 bits per heavy atom. The van der Waals surface area contributed by atoms with Gasteiger partial charge in [0.25, 0.3) is 5.91 Å². The van der Waals surface area contributed by atoms with Gasteiger partial charge < -0.3 is 14.5 Å². The minimum absolute atomic E-state index is 0.0684. The van der Waals surface area contributed by atoms with Crippen molar-refractivity contribution in [3.63, 3.8) is 0 Å². The largest absolute Gasteiger partial charge is 0.497 e. The van der Waals surface area contributed by atoms with E-state index in [4.69, 9.17) is 9.84 Å². The molecule has 3 aromatic carbocycles. The molecule has 2 aliphatic heterocycles. The van der Waals surface area contributed by atoms with Crippen LogP contribution in [0.5, 0.6) is 5.75 Å². The van der Waals surface area contributed by atoms with Crippen molar-refractivity contribution in [3.8, 4) is 5.75 Å². The number of amidine groups is 1. The van der Waals surface area contributed by atoms with E-state index >= 15 is 0 Å². The van der Waals surface area contributed by atoms with Crippen LogP contribution in [0.4, 0.5) is 11.4 Å². The van der Waals surface area contributed by atoms with Crippen LogP contribution in [0.3, 0.4) is 0 Å². The average Bonchev–Trinajstić information content (AvgIpc) is 3.53. The molecule has 0 radical (unpaired) electrons. The lowest BCUT2D eigenvalue weighted by Gasteiger charge is -2.23. The molecule has 2 aliphatic rings. The van der Waals surface area contributed by atoms with Gasteiger partial charge in [0.05, 0.1) is 23.8 Å². The van der Waals surface area contributed by atoms with Gasteiger partial charge in [-0.25, -0.2) is 5.01 Å². The van der Waals surface area contributed by atoms with E-state index in [2.05, 4.69) is 34.2 Å². The van der Waals surface area contributed by atoms with Crippen LogP contribution >= 0.6 is 11.8 Å². The van der Waals surface area contributed by atoms with Crippen molar-refractivity contribution in [1.82, 2.24) is 5.01 Å². The summed E-state index contributed by atoms with van der Waals surface area (Å²) in [7, 11) is 9.72. The number of anilines is 2. The lowest BCUT2D eigenvalue weighted by Crippen LogP contribution is -2.23. The molecular formula is C30H31N5O2S. The third-order valence-electron chi connectivity index (χ3n) is 6.64. The number of thioether (sulfide) groups is 1. The first-order valence-electron chi connectivity index (χ1n) is 12.4. The summed E-state index contributed by atoms with van der Waals surface area (Å²) < 4.78 is 5.32. The maximum atomic E-state index is 12.9. The van der Waals surface area contributed by atoms with Crippen LogP contribution in [-0.2, 0) is 4.79 Å². The molecule has 0 N–H and O–H groups in total. The van der Waals surface area contributed by atoms with Gasteiger partial charge in [-0.15, -0.1) is 0 Å². The monoisotopic (exact) mass is 525 g/mol. The number of benzene rings is 3. The Labute approximate surface area is 228 Å². The van der Waals surface area contributed by atoms with E-state index in [-0.39, 0.29) is 11.9 Å². The zero-order valence-corrected chi connectivity index (χ0v) is 23.1. The molecule has 1 unspecified atom stereocenters. The Morgan fingerprint density at radius 3 is 2.08 bits per heavy atom. The molecule has 7 nitrogen and oxygen atoms in total. The fourth-order valence-electron chi connectivity index (χ4n) is 4.41. The smallest absolute Gasteiger partial charge is 0.286 e. The number of methoxy groups -OCH3 is 1. The van der Waals surface area contributed by atoms with Gasteiger partial charge in [-0.1, -0.05) is 24.3 Å². The highest BCUT2D eigenvalue weighted by Gasteiger charge is 2.36. The molecule has 0 saturated heterocycles. The molecule has 0 spiro atoms. The first-order chi connectivity index (χ1) is 18.3. The summed E-state index contributed by atoms with van der Waals surface area (Å²) in [5, 5.41) is 7.48. The molecule has 0 aliphatic carbocycles. The molecule has 0 bridgehead atoms. The van der Waals surface area contributed by atoms with Crippen LogP contribution < -0.4 is 14.5 Å². The second-order valence-electron chi connectivity index (χ2n) is 9.62. The van der Waals surface area contributed by atoms with Gasteiger partial charge >= 0.3 is 0 Å². The number of hydrazone groups is 1. The van der Waals surface area contributed by atoms with Crippen LogP contribution in [0.15, 0.2) is 87.8 Å². The standard InChI is InChI=1S/C30H31N5O2S/c1-33(2)23-12-6-20(7-13-23)18-28-29(36)31-30(38-28)35-27(22-8-14-24(15-9-22)34(3)4)19-26(32-35)21-10-16-25(37-5)17-11-21/h6-18,27H,19H2,1-5H3/b28-18-. The highest BCUT2D eigenvalue weighted by molar-refractivity contribution is 8.18. The summed E-state index contributed by atoms with van der Waals surface area (Å²) in [6.07, 6.45) is 2.60. The fourth-order valence-corrected chi connectivity index (χ4v) is 5.33. The molecule has 1 atom stereocenters. The number of hydrogen-bond acceptors (Lipinski definition) is 7. The molecule has 0 aromatic heterocycles. The maximum absolute atomic E-state index is 12.9. The molecule has 3 aromatic rings. The Hall–Kier alpha value is -4.04. The fraction of sp³-hybridized carbons (Fsp3) is 0.233. The Balaban J connectivity index is 1.44. The van der Waals surface area contributed by atoms with Crippen LogP contribution in [0.25, 0.3) is 6.08 Å². The number of carbonyl (C=O) groups excluding carboxylic acids is 1.